The van der Waals surface area contributed by atoms with E-state index in [2.05, 4.69) is 10.2 Å². The van der Waals surface area contributed by atoms with Crippen LogP contribution in [0.4, 0.5) is 4.39 Å². The van der Waals surface area contributed by atoms with Crippen LogP contribution in [0, 0.1) is 11.7 Å². The molecule has 1 aliphatic carbocycles. The Labute approximate surface area is 143 Å². The van der Waals surface area contributed by atoms with Gasteiger partial charge in [0.15, 0.2) is 0 Å². The molecular weight excluding hydrogens is 334 g/mol. The van der Waals surface area contributed by atoms with E-state index in [-0.39, 0.29) is 30.6 Å². The summed E-state index contributed by atoms with van der Waals surface area (Å²) in [5, 5.41) is 3.95. The average molecular weight is 356 g/mol. The summed E-state index contributed by atoms with van der Waals surface area (Å²) in [7, 11) is 0. The van der Waals surface area contributed by atoms with E-state index in [9.17, 15) is 4.39 Å². The topological polar surface area (TPSA) is 15.3 Å². The molecule has 0 bridgehead atoms. The second-order valence-electron chi connectivity index (χ2n) is 5.65. The summed E-state index contributed by atoms with van der Waals surface area (Å²) in [6.07, 6.45) is 3.83. The quantitative estimate of drug-likeness (QED) is 0.876. The molecule has 1 aromatic carbocycles. The van der Waals surface area contributed by atoms with Gasteiger partial charge in [0.25, 0.3) is 0 Å². The Balaban J connectivity index is 0.00000110. The van der Waals surface area contributed by atoms with Crippen molar-refractivity contribution in [2.75, 3.05) is 26.2 Å². The molecular formula is C15H22Cl3FN2. The standard InChI is InChI=1S/C15H20ClFN2.2ClH/c16-14-10-12(17)3-4-13(14)15(9-11-1-2-11)19-7-5-18-6-8-19;;/h3-4,10-11,15,18H,1-2,5-9H2;2*1H/t15-;;/m1../s1. The summed E-state index contributed by atoms with van der Waals surface area (Å²) in [6.45, 7) is 4.15. The van der Waals surface area contributed by atoms with Gasteiger partial charge in [0.1, 0.15) is 5.82 Å². The fourth-order valence-corrected chi connectivity index (χ4v) is 3.20. The molecule has 1 N–H and O–H groups in total. The molecule has 1 saturated carbocycles. The van der Waals surface area contributed by atoms with Crippen molar-refractivity contribution < 1.29 is 4.39 Å². The number of halogens is 4. The van der Waals surface area contributed by atoms with Crippen molar-refractivity contribution >= 4 is 36.4 Å². The van der Waals surface area contributed by atoms with E-state index in [1.807, 2.05) is 6.07 Å². The van der Waals surface area contributed by atoms with Gasteiger partial charge in [0.2, 0.25) is 0 Å². The third kappa shape index (κ3) is 4.97. The van der Waals surface area contributed by atoms with E-state index < -0.39 is 0 Å². The normalized spacial score (nSPS) is 20.3. The Kier molecular flexibility index (Phi) is 7.72. The van der Waals surface area contributed by atoms with E-state index in [1.165, 1.54) is 25.0 Å². The molecule has 2 nitrogen and oxygen atoms in total. The zero-order chi connectivity index (χ0) is 13.2. The zero-order valence-corrected chi connectivity index (χ0v) is 14.2. The third-order valence-electron chi connectivity index (χ3n) is 4.17. The lowest BCUT2D eigenvalue weighted by molar-refractivity contribution is 0.160. The van der Waals surface area contributed by atoms with Crippen LogP contribution >= 0.6 is 36.4 Å². The summed E-state index contributed by atoms with van der Waals surface area (Å²) in [6, 6.07) is 5.19. The molecule has 120 valence electrons. The van der Waals surface area contributed by atoms with Crippen LogP contribution in [-0.4, -0.2) is 31.1 Å². The predicted molar refractivity (Wildman–Crippen MR) is 90.4 cm³/mol. The van der Waals surface area contributed by atoms with Crippen LogP contribution < -0.4 is 5.32 Å². The maximum absolute atomic E-state index is 13.2. The highest BCUT2D eigenvalue weighted by molar-refractivity contribution is 6.31. The fraction of sp³-hybridized carbons (Fsp3) is 0.600. The van der Waals surface area contributed by atoms with Crippen LogP contribution in [0.15, 0.2) is 18.2 Å². The molecule has 1 saturated heterocycles. The molecule has 0 amide bonds. The highest BCUT2D eigenvalue weighted by Crippen LogP contribution is 2.41. The fourth-order valence-electron chi connectivity index (χ4n) is 2.91. The number of nitrogens with one attached hydrogen (secondary N) is 1. The largest absolute Gasteiger partial charge is 0.314 e. The summed E-state index contributed by atoms with van der Waals surface area (Å²) in [5.74, 6) is 0.584. The van der Waals surface area contributed by atoms with Gasteiger partial charge in [-0.1, -0.05) is 30.5 Å². The molecule has 0 spiro atoms. The molecule has 2 aliphatic rings. The molecule has 1 aliphatic heterocycles. The Morgan fingerprint density at radius 3 is 2.48 bits per heavy atom. The number of hydrogen-bond acceptors (Lipinski definition) is 2. The van der Waals surface area contributed by atoms with Crippen molar-refractivity contribution in [1.82, 2.24) is 10.2 Å². The molecule has 2 fully saturated rings. The Hall–Kier alpha value is -0.0600. The van der Waals surface area contributed by atoms with Crippen LogP contribution in [0.3, 0.4) is 0 Å². The van der Waals surface area contributed by atoms with Crippen molar-refractivity contribution in [3.05, 3.63) is 34.6 Å². The number of nitrogens with zero attached hydrogens (tertiary/aromatic N) is 1. The lowest BCUT2D eigenvalue weighted by Crippen LogP contribution is -2.45. The minimum absolute atomic E-state index is 0. The van der Waals surface area contributed by atoms with Crippen molar-refractivity contribution in [3.8, 4) is 0 Å². The Morgan fingerprint density at radius 1 is 1.24 bits per heavy atom. The molecule has 0 radical (unpaired) electrons. The molecule has 1 atom stereocenters. The summed E-state index contributed by atoms with van der Waals surface area (Å²) >= 11 is 6.27. The number of rotatable bonds is 4. The van der Waals surface area contributed by atoms with Crippen molar-refractivity contribution in [1.29, 1.82) is 0 Å². The van der Waals surface area contributed by atoms with Crippen LogP contribution in [0.1, 0.15) is 30.9 Å². The maximum Gasteiger partial charge on any atom is 0.124 e. The van der Waals surface area contributed by atoms with Crippen LogP contribution in [0.25, 0.3) is 0 Å². The molecule has 0 unspecified atom stereocenters. The van der Waals surface area contributed by atoms with Crippen LogP contribution in [0.2, 0.25) is 5.02 Å². The molecule has 6 heteroatoms. The summed E-state index contributed by atoms with van der Waals surface area (Å²) in [4.78, 5) is 2.49. The number of hydrogen-bond donors (Lipinski definition) is 1. The van der Waals surface area contributed by atoms with Crippen molar-refractivity contribution in [3.63, 3.8) is 0 Å². The highest BCUT2D eigenvalue weighted by atomic mass is 35.5. The van der Waals surface area contributed by atoms with Crippen LogP contribution in [0.5, 0.6) is 0 Å². The third-order valence-corrected chi connectivity index (χ3v) is 4.49. The van der Waals surface area contributed by atoms with Crippen molar-refractivity contribution in [2.45, 2.75) is 25.3 Å². The lowest BCUT2D eigenvalue weighted by atomic mass is 9.98. The van der Waals surface area contributed by atoms with Crippen molar-refractivity contribution in [2.24, 2.45) is 5.92 Å². The lowest BCUT2D eigenvalue weighted by Gasteiger charge is -2.35. The minimum atomic E-state index is -0.251. The first-order valence-corrected chi connectivity index (χ1v) is 7.51. The van der Waals surface area contributed by atoms with Gasteiger partial charge in [0, 0.05) is 37.2 Å². The van der Waals surface area contributed by atoms with Gasteiger partial charge >= 0.3 is 0 Å². The molecule has 21 heavy (non-hydrogen) atoms. The first-order valence-electron chi connectivity index (χ1n) is 7.14. The second-order valence-corrected chi connectivity index (χ2v) is 6.05. The first kappa shape index (κ1) is 19.0. The number of benzene rings is 1. The van der Waals surface area contributed by atoms with E-state index in [4.69, 9.17) is 11.6 Å². The maximum atomic E-state index is 13.2. The zero-order valence-electron chi connectivity index (χ0n) is 11.9. The molecule has 1 heterocycles. The molecule has 0 aromatic heterocycles. The summed E-state index contributed by atoms with van der Waals surface area (Å²) in [5.41, 5.74) is 1.09. The smallest absolute Gasteiger partial charge is 0.124 e. The Morgan fingerprint density at radius 2 is 1.90 bits per heavy atom. The monoisotopic (exact) mass is 354 g/mol. The molecule has 3 rings (SSSR count). The van der Waals surface area contributed by atoms with Gasteiger partial charge < -0.3 is 5.32 Å². The van der Waals surface area contributed by atoms with E-state index >= 15 is 0 Å². The summed E-state index contributed by atoms with van der Waals surface area (Å²) < 4.78 is 13.2. The SMILES string of the molecule is Cl.Cl.Fc1ccc([C@@H](CC2CC2)N2CCNCC2)c(Cl)c1. The van der Waals surface area contributed by atoms with Gasteiger partial charge in [-0.05, 0) is 30.0 Å². The van der Waals surface area contributed by atoms with Gasteiger partial charge in [-0.3, -0.25) is 4.90 Å². The molecule has 1 aromatic rings. The second kappa shape index (κ2) is 8.54. The van der Waals surface area contributed by atoms with Gasteiger partial charge in [-0.2, -0.15) is 0 Å². The van der Waals surface area contributed by atoms with Gasteiger partial charge in [-0.15, -0.1) is 24.8 Å². The van der Waals surface area contributed by atoms with Crippen LogP contribution in [-0.2, 0) is 0 Å². The first-order chi connectivity index (χ1) is 9.24. The Bertz CT molecular complexity index is 449. The average Bonchev–Trinajstić information content (AvgIpc) is 3.22. The van der Waals surface area contributed by atoms with E-state index in [0.29, 0.717) is 11.1 Å². The van der Waals surface area contributed by atoms with Gasteiger partial charge in [-0.25, -0.2) is 4.39 Å². The predicted octanol–water partition coefficient (Wildman–Crippen LogP) is 4.07. The minimum Gasteiger partial charge on any atom is -0.314 e. The highest BCUT2D eigenvalue weighted by Gasteiger charge is 2.31. The van der Waals surface area contributed by atoms with E-state index in [1.54, 1.807) is 0 Å². The van der Waals surface area contributed by atoms with E-state index in [0.717, 1.165) is 44.1 Å². The number of piperazine rings is 1. The van der Waals surface area contributed by atoms with Gasteiger partial charge in [0.05, 0.1) is 0 Å².